The van der Waals surface area contributed by atoms with Crippen LogP contribution in [0, 0.1) is 11.6 Å². The number of rotatable bonds is 3. The van der Waals surface area contributed by atoms with Gasteiger partial charge in [-0.15, -0.1) is 0 Å². The summed E-state index contributed by atoms with van der Waals surface area (Å²) in [5.74, 6) is -2.73. The molecule has 0 radical (unpaired) electrons. The molecule has 9 heteroatoms. The average Bonchev–Trinajstić information content (AvgIpc) is 2.69. The van der Waals surface area contributed by atoms with Crippen molar-refractivity contribution >= 4 is 5.91 Å². The van der Waals surface area contributed by atoms with Crippen molar-refractivity contribution in [1.29, 1.82) is 0 Å². The van der Waals surface area contributed by atoms with Crippen LogP contribution in [0.15, 0.2) is 29.2 Å². The number of nitrogens with one attached hydrogen (secondary N) is 1. The lowest BCUT2D eigenvalue weighted by atomic mass is 10.1. The number of hydrogen-bond acceptors (Lipinski definition) is 5. The van der Waals surface area contributed by atoms with E-state index in [1.54, 1.807) is 4.57 Å². The van der Waals surface area contributed by atoms with Crippen LogP contribution in [0.1, 0.15) is 35.0 Å². The third-order valence-electron chi connectivity index (χ3n) is 5.53. The number of carbonyl (C=O) groups is 1. The van der Waals surface area contributed by atoms with Crippen LogP contribution in [0.4, 0.5) is 8.78 Å². The van der Waals surface area contributed by atoms with Gasteiger partial charge in [-0.3, -0.25) is 14.5 Å². The van der Waals surface area contributed by atoms with Crippen molar-refractivity contribution < 1.29 is 23.4 Å². The Bertz CT molecular complexity index is 1020. The molecule has 1 fully saturated rings. The molecular weight excluding hydrogens is 384 g/mol. The van der Waals surface area contributed by atoms with Crippen molar-refractivity contribution in [3.63, 3.8) is 0 Å². The maximum atomic E-state index is 13.7. The molecular formula is C20H21F2N3O4. The Morgan fingerprint density at radius 3 is 2.93 bits per heavy atom. The van der Waals surface area contributed by atoms with Gasteiger partial charge in [-0.25, -0.2) is 8.78 Å². The Balaban J connectivity index is 1.58. The molecule has 4 rings (SSSR count). The van der Waals surface area contributed by atoms with Gasteiger partial charge in [0.2, 0.25) is 5.43 Å². The number of ether oxygens (including phenoxy) is 1. The van der Waals surface area contributed by atoms with Gasteiger partial charge in [0.05, 0.1) is 18.8 Å². The molecule has 1 aromatic carbocycles. The van der Waals surface area contributed by atoms with E-state index >= 15 is 0 Å². The number of aromatic hydroxyl groups is 1. The Kier molecular flexibility index (Phi) is 5.10. The minimum Gasteiger partial charge on any atom is -0.503 e. The summed E-state index contributed by atoms with van der Waals surface area (Å²) in [6.45, 7) is 3.19. The number of pyridine rings is 1. The number of amides is 1. The summed E-state index contributed by atoms with van der Waals surface area (Å²) in [7, 11) is 0. The minimum atomic E-state index is -0.793. The van der Waals surface area contributed by atoms with Crippen molar-refractivity contribution in [2.24, 2.45) is 0 Å². The Morgan fingerprint density at radius 2 is 2.17 bits per heavy atom. The molecule has 2 aliphatic heterocycles. The second-order valence-electron chi connectivity index (χ2n) is 7.37. The molecule has 3 heterocycles. The van der Waals surface area contributed by atoms with E-state index in [-0.39, 0.29) is 29.9 Å². The molecule has 1 saturated heterocycles. The molecule has 29 heavy (non-hydrogen) atoms. The normalized spacial score (nSPS) is 21.3. The third-order valence-corrected chi connectivity index (χ3v) is 5.53. The molecule has 0 aliphatic carbocycles. The monoisotopic (exact) mass is 405 g/mol. The topological polar surface area (TPSA) is 83.8 Å². The SMILES string of the molecule is C[C@@H]1CCO[C@H]2Cn3cc(C(=O)NCc4ccc(F)cc4F)c(=O)c(O)c3CN12. The van der Waals surface area contributed by atoms with Gasteiger partial charge in [-0.2, -0.15) is 0 Å². The van der Waals surface area contributed by atoms with Crippen molar-refractivity contribution in [1.82, 2.24) is 14.8 Å². The molecule has 0 spiro atoms. The first kappa shape index (κ1) is 19.5. The molecule has 1 amide bonds. The maximum absolute atomic E-state index is 13.7. The summed E-state index contributed by atoms with van der Waals surface area (Å²) < 4.78 is 34.2. The standard InChI is InChI=1S/C20H21F2N3O4/c1-11-4-5-29-17-10-24-8-14(18(26)19(27)16(24)9-25(11)17)20(28)23-7-12-2-3-13(21)6-15(12)22/h2-3,6,8,11,17,27H,4-5,7,9-10H2,1H3,(H,23,28)/t11-,17+/m1/s1. The van der Waals surface area contributed by atoms with E-state index in [1.807, 2.05) is 0 Å². The molecule has 0 bridgehead atoms. The minimum absolute atomic E-state index is 0.0854. The second-order valence-corrected chi connectivity index (χ2v) is 7.37. The average molecular weight is 405 g/mol. The van der Waals surface area contributed by atoms with Gasteiger partial charge in [-0.1, -0.05) is 6.07 Å². The third kappa shape index (κ3) is 3.63. The highest BCUT2D eigenvalue weighted by Gasteiger charge is 2.35. The van der Waals surface area contributed by atoms with Crippen LogP contribution in [0.25, 0.3) is 0 Å². The van der Waals surface area contributed by atoms with E-state index in [4.69, 9.17) is 4.74 Å². The number of nitrogens with zero attached hydrogens (tertiary/aromatic N) is 2. The molecule has 2 N–H and O–H groups in total. The Morgan fingerprint density at radius 1 is 1.38 bits per heavy atom. The first-order valence-corrected chi connectivity index (χ1v) is 9.40. The van der Waals surface area contributed by atoms with E-state index in [0.717, 1.165) is 18.6 Å². The van der Waals surface area contributed by atoms with Crippen molar-refractivity contribution in [3.8, 4) is 5.75 Å². The largest absolute Gasteiger partial charge is 0.503 e. The van der Waals surface area contributed by atoms with Gasteiger partial charge in [0.25, 0.3) is 5.91 Å². The second kappa shape index (κ2) is 7.57. The molecule has 154 valence electrons. The number of benzene rings is 1. The lowest BCUT2D eigenvalue weighted by Crippen LogP contribution is -2.53. The summed E-state index contributed by atoms with van der Waals surface area (Å²) in [6, 6.07) is 3.28. The zero-order valence-corrected chi connectivity index (χ0v) is 15.8. The zero-order chi connectivity index (χ0) is 20.7. The van der Waals surface area contributed by atoms with E-state index in [2.05, 4.69) is 17.1 Å². The fraction of sp³-hybridized carbons (Fsp3) is 0.400. The molecule has 0 unspecified atom stereocenters. The number of hydrogen-bond donors (Lipinski definition) is 2. The Labute approximate surface area is 165 Å². The summed E-state index contributed by atoms with van der Waals surface area (Å²) in [6.07, 6.45) is 2.06. The number of carbonyl (C=O) groups excluding carboxylic acids is 1. The molecule has 2 aromatic rings. The van der Waals surface area contributed by atoms with Gasteiger partial charge in [0, 0.05) is 37.0 Å². The summed E-state index contributed by atoms with van der Waals surface area (Å²) in [5.41, 5.74) is -0.504. The Hall–Kier alpha value is -2.78. The van der Waals surface area contributed by atoms with E-state index < -0.39 is 28.7 Å². The van der Waals surface area contributed by atoms with Crippen LogP contribution in [-0.2, 0) is 24.4 Å². The molecule has 0 saturated carbocycles. The fourth-order valence-electron chi connectivity index (χ4n) is 3.79. The van der Waals surface area contributed by atoms with Crippen LogP contribution >= 0.6 is 0 Å². The highest BCUT2D eigenvalue weighted by molar-refractivity contribution is 5.94. The molecule has 1 aromatic heterocycles. The van der Waals surface area contributed by atoms with E-state index in [0.29, 0.717) is 25.4 Å². The fourth-order valence-corrected chi connectivity index (χ4v) is 3.79. The highest BCUT2D eigenvalue weighted by atomic mass is 19.1. The number of aromatic nitrogens is 1. The van der Waals surface area contributed by atoms with Crippen molar-refractivity contribution in [3.05, 3.63) is 63.1 Å². The number of halogens is 2. The summed E-state index contributed by atoms with van der Waals surface area (Å²) >= 11 is 0. The smallest absolute Gasteiger partial charge is 0.257 e. The first-order chi connectivity index (χ1) is 13.8. The maximum Gasteiger partial charge on any atom is 0.257 e. The van der Waals surface area contributed by atoms with Gasteiger partial charge >= 0.3 is 0 Å². The highest BCUT2D eigenvalue weighted by Crippen LogP contribution is 2.29. The van der Waals surface area contributed by atoms with Gasteiger partial charge in [-0.05, 0) is 19.4 Å². The number of fused-ring (bicyclic) bond motifs is 2. The predicted octanol–water partition coefficient (Wildman–Crippen LogP) is 1.71. The predicted molar refractivity (Wildman–Crippen MR) is 99.3 cm³/mol. The van der Waals surface area contributed by atoms with Crippen molar-refractivity contribution in [2.75, 3.05) is 6.61 Å². The van der Waals surface area contributed by atoms with Gasteiger partial charge < -0.3 is 19.7 Å². The molecule has 2 aliphatic rings. The summed E-state index contributed by atoms with van der Waals surface area (Å²) in [5, 5.41) is 12.9. The lowest BCUT2D eigenvalue weighted by molar-refractivity contribution is -0.141. The van der Waals surface area contributed by atoms with Crippen LogP contribution in [-0.4, -0.2) is 39.4 Å². The van der Waals surface area contributed by atoms with Gasteiger partial charge in [0.1, 0.15) is 23.4 Å². The van der Waals surface area contributed by atoms with Crippen LogP contribution in [0.5, 0.6) is 5.75 Å². The van der Waals surface area contributed by atoms with E-state index in [9.17, 15) is 23.5 Å². The summed E-state index contributed by atoms with van der Waals surface area (Å²) in [4.78, 5) is 27.1. The van der Waals surface area contributed by atoms with E-state index in [1.165, 1.54) is 12.3 Å². The molecule has 7 nitrogen and oxygen atoms in total. The first-order valence-electron chi connectivity index (χ1n) is 9.40. The molecule has 2 atom stereocenters. The van der Waals surface area contributed by atoms with Crippen LogP contribution in [0.2, 0.25) is 0 Å². The van der Waals surface area contributed by atoms with Crippen LogP contribution in [0.3, 0.4) is 0 Å². The van der Waals surface area contributed by atoms with Crippen LogP contribution < -0.4 is 10.7 Å². The van der Waals surface area contributed by atoms with Crippen molar-refractivity contribution in [2.45, 2.75) is 45.2 Å². The quantitative estimate of drug-likeness (QED) is 0.813. The lowest BCUT2D eigenvalue weighted by Gasteiger charge is -2.44. The van der Waals surface area contributed by atoms with Gasteiger partial charge in [0.15, 0.2) is 5.75 Å². The zero-order valence-electron chi connectivity index (χ0n) is 15.8.